The average Bonchev–Trinajstić information content (AvgIpc) is 2.40. The normalized spacial score (nSPS) is 30.1. The maximum atomic E-state index is 11.0. The van der Waals surface area contributed by atoms with Gasteiger partial charge in [0, 0.05) is 6.92 Å². The highest BCUT2D eigenvalue weighted by Crippen LogP contribution is 2.48. The predicted octanol–water partition coefficient (Wildman–Crippen LogP) is 4.71. The van der Waals surface area contributed by atoms with Crippen LogP contribution in [-0.4, -0.2) is 12.1 Å². The van der Waals surface area contributed by atoms with Gasteiger partial charge in [-0.15, -0.1) is 0 Å². The summed E-state index contributed by atoms with van der Waals surface area (Å²) in [7, 11) is 0. The molecule has 2 saturated carbocycles. The molecule has 2 heteroatoms. The fourth-order valence-corrected chi connectivity index (χ4v) is 4.34. The molecule has 0 aromatic carbocycles. The Balaban J connectivity index is 1.86. The lowest BCUT2D eigenvalue weighted by atomic mass is 9.61. The van der Waals surface area contributed by atoms with Crippen molar-refractivity contribution < 1.29 is 9.53 Å². The monoisotopic (exact) mass is 266 g/mol. The molecule has 2 aliphatic rings. The van der Waals surface area contributed by atoms with Crippen LogP contribution in [0.2, 0.25) is 0 Å². The van der Waals surface area contributed by atoms with Gasteiger partial charge < -0.3 is 4.74 Å². The maximum Gasteiger partial charge on any atom is 0.302 e. The van der Waals surface area contributed by atoms with Crippen LogP contribution in [-0.2, 0) is 9.53 Å². The third-order valence-electron chi connectivity index (χ3n) is 5.72. The number of rotatable bonds is 3. The number of carbonyl (C=O) groups is 1. The molecular formula is C17H30O2. The molecule has 0 atom stereocenters. The Bertz CT molecular complexity index is 294. The third-order valence-corrected chi connectivity index (χ3v) is 5.72. The molecule has 0 unspecified atom stereocenters. The summed E-state index contributed by atoms with van der Waals surface area (Å²) in [4.78, 5) is 11.0. The van der Waals surface area contributed by atoms with E-state index < -0.39 is 0 Å². The quantitative estimate of drug-likeness (QED) is 0.691. The highest BCUT2D eigenvalue weighted by atomic mass is 16.5. The number of ether oxygens (including phenoxy) is 1. The van der Waals surface area contributed by atoms with Crippen molar-refractivity contribution in [3.05, 3.63) is 0 Å². The van der Waals surface area contributed by atoms with Gasteiger partial charge in [-0.1, -0.05) is 33.1 Å². The van der Waals surface area contributed by atoms with Gasteiger partial charge in [0.2, 0.25) is 0 Å². The summed E-state index contributed by atoms with van der Waals surface area (Å²) in [5.41, 5.74) is 0.474. The van der Waals surface area contributed by atoms with Crippen molar-refractivity contribution >= 4 is 5.97 Å². The van der Waals surface area contributed by atoms with Crippen LogP contribution in [0.5, 0.6) is 0 Å². The summed E-state index contributed by atoms with van der Waals surface area (Å²) in [5.74, 6) is 1.62. The Hall–Kier alpha value is -0.530. The molecular weight excluding hydrogens is 236 g/mol. The molecule has 0 heterocycles. The van der Waals surface area contributed by atoms with E-state index in [9.17, 15) is 4.79 Å². The van der Waals surface area contributed by atoms with E-state index >= 15 is 0 Å². The maximum absolute atomic E-state index is 11.0. The summed E-state index contributed by atoms with van der Waals surface area (Å²) in [5, 5.41) is 0. The Morgan fingerprint density at radius 1 is 0.895 bits per heavy atom. The molecule has 2 nitrogen and oxygen atoms in total. The van der Waals surface area contributed by atoms with Gasteiger partial charge in [0.05, 0.1) is 0 Å². The van der Waals surface area contributed by atoms with E-state index in [4.69, 9.17) is 4.74 Å². The van der Waals surface area contributed by atoms with Gasteiger partial charge in [-0.25, -0.2) is 0 Å². The standard InChI is InChI=1S/C17H30O2/c1-13(18)19-16-11-9-15(10-12-16)17(2,3)14-7-5-4-6-8-14/h14-16H,4-12H2,1-3H3. The van der Waals surface area contributed by atoms with E-state index in [1.54, 1.807) is 0 Å². The zero-order valence-electron chi connectivity index (χ0n) is 12.9. The predicted molar refractivity (Wildman–Crippen MR) is 77.9 cm³/mol. The summed E-state index contributed by atoms with van der Waals surface area (Å²) < 4.78 is 5.36. The highest BCUT2D eigenvalue weighted by molar-refractivity contribution is 5.66. The van der Waals surface area contributed by atoms with E-state index in [1.807, 2.05) is 0 Å². The zero-order chi connectivity index (χ0) is 13.9. The third kappa shape index (κ3) is 3.73. The highest BCUT2D eigenvalue weighted by Gasteiger charge is 2.39. The van der Waals surface area contributed by atoms with Crippen LogP contribution in [0, 0.1) is 17.3 Å². The number of carbonyl (C=O) groups excluding carboxylic acids is 1. The van der Waals surface area contributed by atoms with E-state index in [0.717, 1.165) is 24.7 Å². The van der Waals surface area contributed by atoms with Crippen molar-refractivity contribution in [1.29, 1.82) is 0 Å². The van der Waals surface area contributed by atoms with Gasteiger partial charge in [-0.2, -0.15) is 0 Å². The van der Waals surface area contributed by atoms with Gasteiger partial charge in [-0.05, 0) is 55.8 Å². The van der Waals surface area contributed by atoms with E-state index in [2.05, 4.69) is 13.8 Å². The van der Waals surface area contributed by atoms with Crippen molar-refractivity contribution in [2.24, 2.45) is 17.3 Å². The Morgan fingerprint density at radius 2 is 1.42 bits per heavy atom. The van der Waals surface area contributed by atoms with Gasteiger partial charge in [0.1, 0.15) is 6.10 Å². The van der Waals surface area contributed by atoms with Crippen molar-refractivity contribution in [3.63, 3.8) is 0 Å². The first-order chi connectivity index (χ1) is 9.00. The molecule has 2 rings (SSSR count). The molecule has 110 valence electrons. The fraction of sp³-hybridized carbons (Fsp3) is 0.941. The van der Waals surface area contributed by atoms with Gasteiger partial charge in [0.25, 0.3) is 0 Å². The molecule has 0 aromatic rings. The van der Waals surface area contributed by atoms with Gasteiger partial charge in [-0.3, -0.25) is 4.79 Å². The van der Waals surface area contributed by atoms with Crippen LogP contribution < -0.4 is 0 Å². The van der Waals surface area contributed by atoms with E-state index in [1.165, 1.54) is 51.9 Å². The minimum atomic E-state index is -0.116. The van der Waals surface area contributed by atoms with Crippen LogP contribution in [0.1, 0.15) is 78.6 Å². The second-order valence-electron chi connectivity index (χ2n) is 7.24. The molecule has 0 bridgehead atoms. The molecule has 0 radical (unpaired) electrons. The Morgan fingerprint density at radius 3 is 1.95 bits per heavy atom. The average molecular weight is 266 g/mol. The van der Waals surface area contributed by atoms with Crippen molar-refractivity contribution in [2.75, 3.05) is 0 Å². The van der Waals surface area contributed by atoms with E-state index in [-0.39, 0.29) is 12.1 Å². The molecule has 0 N–H and O–H groups in total. The van der Waals surface area contributed by atoms with Crippen molar-refractivity contribution in [3.8, 4) is 0 Å². The van der Waals surface area contributed by atoms with Crippen LogP contribution in [0.3, 0.4) is 0 Å². The van der Waals surface area contributed by atoms with Crippen LogP contribution in [0.4, 0.5) is 0 Å². The second-order valence-corrected chi connectivity index (χ2v) is 7.24. The molecule has 0 amide bonds. The lowest BCUT2D eigenvalue weighted by Crippen LogP contribution is -2.37. The molecule has 0 saturated heterocycles. The summed E-state index contributed by atoms with van der Waals surface area (Å²) in [6.07, 6.45) is 12.0. The van der Waals surface area contributed by atoms with Crippen molar-refractivity contribution in [2.45, 2.75) is 84.7 Å². The molecule has 2 aliphatic carbocycles. The summed E-state index contributed by atoms with van der Waals surface area (Å²) >= 11 is 0. The summed E-state index contributed by atoms with van der Waals surface area (Å²) in [6.45, 7) is 6.50. The largest absolute Gasteiger partial charge is 0.463 e. The van der Waals surface area contributed by atoms with Gasteiger partial charge >= 0.3 is 5.97 Å². The van der Waals surface area contributed by atoms with Crippen LogP contribution in [0.25, 0.3) is 0 Å². The summed E-state index contributed by atoms with van der Waals surface area (Å²) in [6, 6.07) is 0. The lowest BCUT2D eigenvalue weighted by Gasteiger charge is -2.45. The molecule has 0 spiro atoms. The van der Waals surface area contributed by atoms with Crippen LogP contribution in [0.15, 0.2) is 0 Å². The van der Waals surface area contributed by atoms with E-state index in [0.29, 0.717) is 5.41 Å². The van der Waals surface area contributed by atoms with Crippen LogP contribution >= 0.6 is 0 Å². The SMILES string of the molecule is CC(=O)OC1CCC(C(C)(C)C2CCCCC2)CC1. The Labute approximate surface area is 118 Å². The second kappa shape index (κ2) is 6.28. The molecule has 2 fully saturated rings. The lowest BCUT2D eigenvalue weighted by molar-refractivity contribution is -0.148. The van der Waals surface area contributed by atoms with Gasteiger partial charge in [0.15, 0.2) is 0 Å². The molecule has 0 aromatic heterocycles. The fourth-order valence-electron chi connectivity index (χ4n) is 4.34. The minimum absolute atomic E-state index is 0.116. The Kier molecular flexibility index (Phi) is 4.92. The molecule has 19 heavy (non-hydrogen) atoms. The first kappa shape index (κ1) is 14.9. The smallest absolute Gasteiger partial charge is 0.302 e. The number of hydrogen-bond acceptors (Lipinski definition) is 2. The minimum Gasteiger partial charge on any atom is -0.463 e. The molecule has 0 aliphatic heterocycles. The van der Waals surface area contributed by atoms with Crippen molar-refractivity contribution in [1.82, 2.24) is 0 Å². The zero-order valence-corrected chi connectivity index (χ0v) is 12.9. The first-order valence-corrected chi connectivity index (χ1v) is 8.17. The number of esters is 1. The number of hydrogen-bond donors (Lipinski definition) is 0. The first-order valence-electron chi connectivity index (χ1n) is 8.17. The topological polar surface area (TPSA) is 26.3 Å².